The van der Waals surface area contributed by atoms with Gasteiger partial charge in [-0.15, -0.1) is 0 Å². The molecular formula is C23H25N5O2. The number of likely N-dealkylation sites (tertiary alicyclic amines) is 1. The van der Waals surface area contributed by atoms with Gasteiger partial charge in [-0.1, -0.05) is 24.3 Å². The molecule has 1 aliphatic heterocycles. The maximum atomic E-state index is 13.0. The zero-order valence-corrected chi connectivity index (χ0v) is 17.2. The van der Waals surface area contributed by atoms with E-state index in [-0.39, 0.29) is 17.9 Å². The summed E-state index contributed by atoms with van der Waals surface area (Å²) in [5.74, 6) is 0.171. The van der Waals surface area contributed by atoms with Crippen LogP contribution in [-0.2, 0) is 11.3 Å². The molecule has 1 aromatic heterocycles. The lowest BCUT2D eigenvalue weighted by atomic mass is 10.0. The summed E-state index contributed by atoms with van der Waals surface area (Å²) in [5, 5.41) is 4.13. The molecule has 0 aliphatic carbocycles. The van der Waals surface area contributed by atoms with Gasteiger partial charge in [0.25, 0.3) is 5.91 Å². The Morgan fingerprint density at radius 1 is 1.13 bits per heavy atom. The Morgan fingerprint density at radius 2 is 1.87 bits per heavy atom. The highest BCUT2D eigenvalue weighted by Gasteiger charge is 2.21. The van der Waals surface area contributed by atoms with Gasteiger partial charge in [0.2, 0.25) is 5.91 Å². The summed E-state index contributed by atoms with van der Waals surface area (Å²) in [5.41, 5.74) is 3.64. The van der Waals surface area contributed by atoms with Crippen molar-refractivity contribution in [3.8, 4) is 5.69 Å². The van der Waals surface area contributed by atoms with Crippen molar-refractivity contribution in [3.63, 3.8) is 0 Å². The molecule has 3 aromatic rings. The summed E-state index contributed by atoms with van der Waals surface area (Å²) in [4.78, 5) is 32.3. The summed E-state index contributed by atoms with van der Waals surface area (Å²) in [7, 11) is 1.81. The van der Waals surface area contributed by atoms with E-state index in [0.717, 1.165) is 29.8 Å². The van der Waals surface area contributed by atoms with Gasteiger partial charge in [-0.05, 0) is 48.7 Å². The van der Waals surface area contributed by atoms with E-state index in [1.807, 2.05) is 67.4 Å². The molecule has 1 aliphatic rings. The maximum absolute atomic E-state index is 13.0. The van der Waals surface area contributed by atoms with Gasteiger partial charge < -0.3 is 9.80 Å². The number of aromatic nitrogens is 3. The molecule has 7 heteroatoms. The molecule has 7 nitrogen and oxygen atoms in total. The molecular weight excluding hydrogens is 378 g/mol. The Labute approximate surface area is 175 Å². The van der Waals surface area contributed by atoms with Crippen LogP contribution in [0.15, 0.2) is 61.2 Å². The fourth-order valence-corrected chi connectivity index (χ4v) is 3.69. The average Bonchev–Trinajstić information content (AvgIpc) is 3.45. The molecule has 0 N–H and O–H groups in total. The van der Waals surface area contributed by atoms with Gasteiger partial charge >= 0.3 is 0 Å². The number of benzene rings is 2. The molecule has 2 aromatic carbocycles. The third-order valence-corrected chi connectivity index (χ3v) is 5.71. The quantitative estimate of drug-likeness (QED) is 0.634. The van der Waals surface area contributed by atoms with Crippen molar-refractivity contribution in [1.82, 2.24) is 24.6 Å². The van der Waals surface area contributed by atoms with Gasteiger partial charge in [-0.25, -0.2) is 9.67 Å². The number of nitrogens with zero attached hydrogens (tertiary/aromatic N) is 5. The third-order valence-electron chi connectivity index (χ3n) is 5.71. The monoisotopic (exact) mass is 403 g/mol. The van der Waals surface area contributed by atoms with Crippen LogP contribution in [-0.4, -0.2) is 50.0 Å². The first-order valence-electron chi connectivity index (χ1n) is 10.1. The minimum Gasteiger partial charge on any atom is -0.338 e. The van der Waals surface area contributed by atoms with Gasteiger partial charge in [0.15, 0.2) is 0 Å². The molecule has 0 unspecified atom stereocenters. The van der Waals surface area contributed by atoms with Gasteiger partial charge in [0, 0.05) is 32.1 Å². The SMILES string of the molecule is C[C@H](c1ccc(-n2cncn2)cc1)N(C)C(=O)c1ccc(CN2CCCC2=O)cc1. The van der Waals surface area contributed by atoms with Crippen molar-refractivity contribution in [2.24, 2.45) is 0 Å². The van der Waals surface area contributed by atoms with Crippen LogP contribution in [0.3, 0.4) is 0 Å². The standard InChI is InChI=1S/C23H25N5O2/c1-17(19-9-11-21(12-10-19)28-16-24-15-25-28)26(2)23(30)20-7-5-18(6-8-20)14-27-13-3-4-22(27)29/h5-12,15-17H,3-4,13-14H2,1-2H3/t17-/m1/s1. The zero-order chi connectivity index (χ0) is 21.1. The van der Waals surface area contributed by atoms with Crippen LogP contribution in [0.25, 0.3) is 5.69 Å². The Bertz CT molecular complexity index is 1010. The highest BCUT2D eigenvalue weighted by Crippen LogP contribution is 2.22. The second-order valence-electron chi connectivity index (χ2n) is 7.64. The van der Waals surface area contributed by atoms with Crippen LogP contribution in [0.4, 0.5) is 0 Å². The largest absolute Gasteiger partial charge is 0.338 e. The first-order valence-corrected chi connectivity index (χ1v) is 10.1. The lowest BCUT2D eigenvalue weighted by Crippen LogP contribution is -2.29. The number of amides is 2. The summed E-state index contributed by atoms with van der Waals surface area (Å²) in [6.45, 7) is 3.43. The molecule has 4 rings (SSSR count). The Balaban J connectivity index is 1.41. The van der Waals surface area contributed by atoms with E-state index in [1.54, 1.807) is 15.9 Å². The second-order valence-corrected chi connectivity index (χ2v) is 7.64. The minimum atomic E-state index is -0.0794. The smallest absolute Gasteiger partial charge is 0.254 e. The van der Waals surface area contributed by atoms with E-state index in [0.29, 0.717) is 18.5 Å². The fraction of sp³-hybridized carbons (Fsp3) is 0.304. The van der Waals surface area contributed by atoms with Crippen LogP contribution in [0, 0.1) is 0 Å². The van der Waals surface area contributed by atoms with Crippen molar-refractivity contribution < 1.29 is 9.59 Å². The third kappa shape index (κ3) is 4.10. The van der Waals surface area contributed by atoms with Crippen molar-refractivity contribution in [1.29, 1.82) is 0 Å². The molecule has 30 heavy (non-hydrogen) atoms. The Hall–Kier alpha value is -3.48. The van der Waals surface area contributed by atoms with Crippen LogP contribution in [0.2, 0.25) is 0 Å². The second kappa shape index (κ2) is 8.49. The van der Waals surface area contributed by atoms with Gasteiger partial charge in [0.1, 0.15) is 12.7 Å². The fourth-order valence-electron chi connectivity index (χ4n) is 3.69. The molecule has 0 saturated carbocycles. The molecule has 2 amide bonds. The summed E-state index contributed by atoms with van der Waals surface area (Å²) in [6, 6.07) is 15.4. The highest BCUT2D eigenvalue weighted by atomic mass is 16.2. The topological polar surface area (TPSA) is 71.3 Å². The number of carbonyl (C=O) groups excluding carboxylic acids is 2. The predicted octanol–water partition coefficient (Wildman–Crippen LogP) is 3.22. The molecule has 0 bridgehead atoms. The van der Waals surface area contributed by atoms with Crippen molar-refractivity contribution in [2.45, 2.75) is 32.4 Å². The van der Waals surface area contributed by atoms with Crippen molar-refractivity contribution in [3.05, 3.63) is 77.9 Å². The molecule has 1 saturated heterocycles. The first-order chi connectivity index (χ1) is 14.5. The van der Waals surface area contributed by atoms with E-state index in [1.165, 1.54) is 6.33 Å². The highest BCUT2D eigenvalue weighted by molar-refractivity contribution is 5.94. The summed E-state index contributed by atoms with van der Waals surface area (Å²) < 4.78 is 1.70. The summed E-state index contributed by atoms with van der Waals surface area (Å²) >= 11 is 0. The van der Waals surface area contributed by atoms with E-state index in [9.17, 15) is 9.59 Å². The number of carbonyl (C=O) groups is 2. The van der Waals surface area contributed by atoms with E-state index < -0.39 is 0 Å². The minimum absolute atomic E-state index is 0.0355. The van der Waals surface area contributed by atoms with Gasteiger partial charge in [-0.2, -0.15) is 5.10 Å². The Kier molecular flexibility index (Phi) is 5.61. The molecule has 0 radical (unpaired) electrons. The average molecular weight is 403 g/mol. The van der Waals surface area contributed by atoms with Crippen molar-refractivity contribution in [2.75, 3.05) is 13.6 Å². The molecule has 2 heterocycles. The normalized spacial score (nSPS) is 14.7. The maximum Gasteiger partial charge on any atom is 0.254 e. The predicted molar refractivity (Wildman–Crippen MR) is 113 cm³/mol. The molecule has 1 fully saturated rings. The molecule has 1 atom stereocenters. The van der Waals surface area contributed by atoms with Gasteiger partial charge in [0.05, 0.1) is 11.7 Å². The van der Waals surface area contributed by atoms with E-state index in [4.69, 9.17) is 0 Å². The molecule has 0 spiro atoms. The van der Waals surface area contributed by atoms with Crippen molar-refractivity contribution >= 4 is 11.8 Å². The zero-order valence-electron chi connectivity index (χ0n) is 17.2. The van der Waals surface area contributed by atoms with Crippen LogP contribution >= 0.6 is 0 Å². The van der Waals surface area contributed by atoms with E-state index >= 15 is 0 Å². The molecule has 154 valence electrons. The van der Waals surface area contributed by atoms with Crippen LogP contribution in [0.5, 0.6) is 0 Å². The van der Waals surface area contributed by atoms with Gasteiger partial charge in [-0.3, -0.25) is 9.59 Å². The number of hydrogen-bond acceptors (Lipinski definition) is 4. The van der Waals surface area contributed by atoms with Crippen LogP contribution < -0.4 is 0 Å². The first kappa shape index (κ1) is 19.8. The van der Waals surface area contributed by atoms with Crippen LogP contribution in [0.1, 0.15) is 47.3 Å². The lowest BCUT2D eigenvalue weighted by Gasteiger charge is -2.26. The lowest BCUT2D eigenvalue weighted by molar-refractivity contribution is -0.128. The Morgan fingerprint density at radius 3 is 2.47 bits per heavy atom. The van der Waals surface area contributed by atoms with E-state index in [2.05, 4.69) is 10.1 Å². The number of rotatable bonds is 6. The summed E-state index contributed by atoms with van der Waals surface area (Å²) in [6.07, 6.45) is 4.71. The number of hydrogen-bond donors (Lipinski definition) is 0.